The molecule has 19 heavy (non-hydrogen) atoms. The van der Waals surface area contributed by atoms with E-state index in [1.165, 1.54) is 0 Å². The summed E-state index contributed by atoms with van der Waals surface area (Å²) >= 11 is 0. The number of carboxylic acids is 1. The van der Waals surface area contributed by atoms with Crippen molar-refractivity contribution in [3.8, 4) is 0 Å². The Morgan fingerprint density at radius 2 is 1.95 bits per heavy atom. The Balaban J connectivity index is 1.79. The first-order chi connectivity index (χ1) is 9.15. The van der Waals surface area contributed by atoms with Crippen LogP contribution in [0.5, 0.6) is 0 Å². The summed E-state index contributed by atoms with van der Waals surface area (Å²) in [4.78, 5) is 24.3. The number of urea groups is 1. The van der Waals surface area contributed by atoms with Crippen LogP contribution in [-0.4, -0.2) is 79.1 Å². The van der Waals surface area contributed by atoms with Crippen molar-refractivity contribution in [2.24, 2.45) is 0 Å². The van der Waals surface area contributed by atoms with Gasteiger partial charge in [0, 0.05) is 26.2 Å². The molecule has 0 aliphatic carbocycles. The number of carboxylic acid groups (broad SMARTS) is 1. The zero-order valence-electron chi connectivity index (χ0n) is 10.7. The predicted octanol–water partition coefficient (Wildman–Crippen LogP) is -0.881. The van der Waals surface area contributed by atoms with E-state index < -0.39 is 12.1 Å². The van der Waals surface area contributed by atoms with Gasteiger partial charge in [0.05, 0.1) is 32.3 Å². The molecule has 2 fully saturated rings. The van der Waals surface area contributed by atoms with E-state index in [-0.39, 0.29) is 12.5 Å². The largest absolute Gasteiger partial charge is 0.481 e. The number of amides is 2. The summed E-state index contributed by atoms with van der Waals surface area (Å²) in [5.74, 6) is -0.916. The summed E-state index contributed by atoms with van der Waals surface area (Å²) < 4.78 is 10.5. The number of nitrogens with one attached hydrogen (secondary N) is 1. The average Bonchev–Trinajstić information content (AvgIpc) is 2.39. The van der Waals surface area contributed by atoms with Crippen LogP contribution in [0.25, 0.3) is 0 Å². The van der Waals surface area contributed by atoms with E-state index in [4.69, 9.17) is 14.6 Å². The van der Waals surface area contributed by atoms with Gasteiger partial charge < -0.3 is 19.5 Å². The maximum absolute atomic E-state index is 12.0. The lowest BCUT2D eigenvalue weighted by Crippen LogP contribution is -2.56. The number of hydrogen-bond acceptors (Lipinski definition) is 5. The second kappa shape index (κ2) is 6.69. The van der Waals surface area contributed by atoms with E-state index in [0.29, 0.717) is 46.0 Å². The number of nitrogens with zero attached hydrogens (tertiary/aromatic N) is 2. The smallest absolute Gasteiger partial charge is 0.332 e. The molecule has 8 heteroatoms. The van der Waals surface area contributed by atoms with Gasteiger partial charge in [0.1, 0.15) is 0 Å². The summed E-state index contributed by atoms with van der Waals surface area (Å²) in [5.41, 5.74) is 2.80. The van der Waals surface area contributed by atoms with Crippen LogP contribution in [-0.2, 0) is 14.3 Å². The van der Waals surface area contributed by atoms with Crippen LogP contribution in [0.15, 0.2) is 0 Å². The molecule has 0 saturated carbocycles. The first-order valence-corrected chi connectivity index (χ1v) is 6.37. The van der Waals surface area contributed by atoms with Crippen molar-refractivity contribution < 1.29 is 24.2 Å². The Bertz CT molecular complexity index is 332. The fraction of sp³-hybridized carbons (Fsp3) is 0.818. The number of carbonyl (C=O) groups is 2. The number of ether oxygens (including phenoxy) is 2. The minimum atomic E-state index is -0.916. The molecule has 2 amide bonds. The highest BCUT2D eigenvalue weighted by atomic mass is 16.5. The number of rotatable bonds is 3. The molecule has 8 nitrogen and oxygen atoms in total. The fourth-order valence-electron chi connectivity index (χ4n) is 2.10. The standard InChI is InChI=1S/C11H19N3O5/c15-10(16)7-9-8-13(1-6-19-9)11(17)12-14-2-4-18-5-3-14/h9H,1-8H2,(H,12,17)(H,15,16). The summed E-state index contributed by atoms with van der Waals surface area (Å²) in [6.45, 7) is 3.68. The van der Waals surface area contributed by atoms with E-state index in [0.717, 1.165) is 0 Å². The van der Waals surface area contributed by atoms with Crippen LogP contribution in [0, 0.1) is 0 Å². The lowest BCUT2D eigenvalue weighted by Gasteiger charge is -2.35. The molecule has 1 unspecified atom stereocenters. The number of hydrogen-bond donors (Lipinski definition) is 2. The van der Waals surface area contributed by atoms with Crippen LogP contribution >= 0.6 is 0 Å². The molecule has 0 spiro atoms. The molecular weight excluding hydrogens is 254 g/mol. The van der Waals surface area contributed by atoms with Crippen molar-refractivity contribution >= 4 is 12.0 Å². The minimum absolute atomic E-state index is 0.0820. The van der Waals surface area contributed by atoms with E-state index in [1.807, 2.05) is 5.01 Å². The Hall–Kier alpha value is -1.38. The van der Waals surface area contributed by atoms with Crippen molar-refractivity contribution in [1.82, 2.24) is 15.3 Å². The number of carbonyl (C=O) groups excluding carboxylic acids is 1. The Morgan fingerprint density at radius 3 is 2.63 bits per heavy atom. The zero-order valence-corrected chi connectivity index (χ0v) is 10.7. The van der Waals surface area contributed by atoms with E-state index in [9.17, 15) is 9.59 Å². The molecule has 2 aliphatic heterocycles. The molecule has 2 heterocycles. The van der Waals surface area contributed by atoms with Gasteiger partial charge in [-0.25, -0.2) is 9.80 Å². The van der Waals surface area contributed by atoms with Gasteiger partial charge in [-0.3, -0.25) is 10.2 Å². The van der Waals surface area contributed by atoms with Crippen LogP contribution in [0.2, 0.25) is 0 Å². The Labute approximate surface area is 111 Å². The molecule has 2 saturated heterocycles. The van der Waals surface area contributed by atoms with Gasteiger partial charge in [-0.1, -0.05) is 0 Å². The average molecular weight is 273 g/mol. The maximum Gasteiger partial charge on any atom is 0.332 e. The van der Waals surface area contributed by atoms with Crippen LogP contribution in [0.3, 0.4) is 0 Å². The van der Waals surface area contributed by atoms with Gasteiger partial charge in [-0.2, -0.15) is 0 Å². The molecular formula is C11H19N3O5. The highest BCUT2D eigenvalue weighted by molar-refractivity contribution is 5.74. The van der Waals surface area contributed by atoms with Gasteiger partial charge in [0.25, 0.3) is 0 Å². The summed E-state index contributed by atoms with van der Waals surface area (Å²) in [5, 5.41) is 10.5. The molecule has 108 valence electrons. The Morgan fingerprint density at radius 1 is 1.21 bits per heavy atom. The molecule has 0 aromatic rings. The van der Waals surface area contributed by atoms with Crippen molar-refractivity contribution in [3.63, 3.8) is 0 Å². The summed E-state index contributed by atoms with van der Waals surface area (Å²) in [6, 6.07) is -0.208. The molecule has 2 aliphatic rings. The van der Waals surface area contributed by atoms with E-state index >= 15 is 0 Å². The first-order valence-electron chi connectivity index (χ1n) is 6.37. The van der Waals surface area contributed by atoms with Crippen molar-refractivity contribution in [1.29, 1.82) is 0 Å². The molecule has 0 radical (unpaired) electrons. The zero-order chi connectivity index (χ0) is 13.7. The van der Waals surface area contributed by atoms with Gasteiger partial charge in [0.15, 0.2) is 0 Å². The minimum Gasteiger partial charge on any atom is -0.481 e. The van der Waals surface area contributed by atoms with E-state index in [1.54, 1.807) is 4.90 Å². The van der Waals surface area contributed by atoms with Gasteiger partial charge in [-0.15, -0.1) is 0 Å². The van der Waals surface area contributed by atoms with Crippen LogP contribution in [0.4, 0.5) is 4.79 Å². The van der Waals surface area contributed by atoms with Crippen molar-refractivity contribution in [3.05, 3.63) is 0 Å². The maximum atomic E-state index is 12.0. The second-order valence-corrected chi connectivity index (χ2v) is 4.55. The highest BCUT2D eigenvalue weighted by Crippen LogP contribution is 2.09. The molecule has 2 rings (SSSR count). The third kappa shape index (κ3) is 4.34. The third-order valence-corrected chi connectivity index (χ3v) is 3.09. The van der Waals surface area contributed by atoms with Crippen molar-refractivity contribution in [2.75, 3.05) is 46.0 Å². The van der Waals surface area contributed by atoms with Crippen molar-refractivity contribution in [2.45, 2.75) is 12.5 Å². The van der Waals surface area contributed by atoms with Crippen LogP contribution in [0.1, 0.15) is 6.42 Å². The van der Waals surface area contributed by atoms with Crippen LogP contribution < -0.4 is 5.43 Å². The highest BCUT2D eigenvalue weighted by Gasteiger charge is 2.27. The van der Waals surface area contributed by atoms with Gasteiger partial charge >= 0.3 is 12.0 Å². The van der Waals surface area contributed by atoms with Gasteiger partial charge in [-0.05, 0) is 0 Å². The predicted molar refractivity (Wildman–Crippen MR) is 64.5 cm³/mol. The molecule has 1 atom stereocenters. The topological polar surface area (TPSA) is 91.3 Å². The quantitative estimate of drug-likeness (QED) is 0.694. The number of hydrazine groups is 1. The molecule has 0 aromatic carbocycles. The lowest BCUT2D eigenvalue weighted by atomic mass is 10.2. The monoisotopic (exact) mass is 273 g/mol. The lowest BCUT2D eigenvalue weighted by molar-refractivity contribution is -0.141. The third-order valence-electron chi connectivity index (χ3n) is 3.09. The molecule has 0 aromatic heterocycles. The fourth-order valence-corrected chi connectivity index (χ4v) is 2.10. The summed E-state index contributed by atoms with van der Waals surface area (Å²) in [7, 11) is 0. The normalized spacial score (nSPS) is 25.1. The van der Waals surface area contributed by atoms with Gasteiger partial charge in [0.2, 0.25) is 0 Å². The van der Waals surface area contributed by atoms with E-state index in [2.05, 4.69) is 5.43 Å². The summed E-state index contributed by atoms with van der Waals surface area (Å²) in [6.07, 6.45) is -0.511. The SMILES string of the molecule is O=C(O)CC1CN(C(=O)NN2CCOCC2)CCO1. The molecule has 0 bridgehead atoms. The Kier molecular flexibility index (Phi) is 4.94. The number of morpholine rings is 2. The second-order valence-electron chi connectivity index (χ2n) is 4.55. The first kappa shape index (κ1) is 14.0. The number of aliphatic carboxylic acids is 1. The molecule has 2 N–H and O–H groups in total.